The first-order valence-electron chi connectivity index (χ1n) is 7.51. The Morgan fingerprint density at radius 2 is 1.79 bits per heavy atom. The van der Waals surface area contributed by atoms with Crippen molar-refractivity contribution in [3.8, 4) is 11.3 Å². The Morgan fingerprint density at radius 1 is 1.04 bits per heavy atom. The second-order valence-electron chi connectivity index (χ2n) is 5.41. The predicted octanol–water partition coefficient (Wildman–Crippen LogP) is 3.46. The smallest absolute Gasteiger partial charge is 0.261 e. The number of thioether (sulfide) groups is 1. The van der Waals surface area contributed by atoms with E-state index in [4.69, 9.17) is 0 Å². The third kappa shape index (κ3) is 2.81. The van der Waals surface area contributed by atoms with Crippen LogP contribution in [0.5, 0.6) is 0 Å². The molecule has 0 amide bonds. The van der Waals surface area contributed by atoms with Crippen LogP contribution in [0.15, 0.2) is 70.8 Å². The fourth-order valence-corrected chi connectivity index (χ4v) is 4.68. The van der Waals surface area contributed by atoms with Crippen LogP contribution in [0.3, 0.4) is 0 Å². The summed E-state index contributed by atoms with van der Waals surface area (Å²) in [6.07, 6.45) is 1.98. The molecule has 0 radical (unpaired) electrons. The van der Waals surface area contributed by atoms with Gasteiger partial charge < -0.3 is 4.57 Å². The summed E-state index contributed by atoms with van der Waals surface area (Å²) < 4.78 is 29.9. The maximum atomic E-state index is 12.6. The molecule has 5 nitrogen and oxygen atoms in total. The molecule has 2 heterocycles. The lowest BCUT2D eigenvalue weighted by Gasteiger charge is -2.11. The SMILES string of the molecule is O=S(=O)(Nc1ccccc1-c1cn2c(n1)SCC2)c1ccccc1. The number of imidazole rings is 1. The van der Waals surface area contributed by atoms with Crippen LogP contribution in [0.1, 0.15) is 0 Å². The van der Waals surface area contributed by atoms with Crippen molar-refractivity contribution in [1.29, 1.82) is 0 Å². The molecule has 1 aromatic heterocycles. The number of rotatable bonds is 4. The molecule has 7 heteroatoms. The Labute approximate surface area is 144 Å². The second kappa shape index (κ2) is 5.99. The van der Waals surface area contributed by atoms with E-state index in [1.807, 2.05) is 24.4 Å². The third-order valence-electron chi connectivity index (χ3n) is 3.80. The van der Waals surface area contributed by atoms with E-state index >= 15 is 0 Å². The van der Waals surface area contributed by atoms with Crippen molar-refractivity contribution in [2.45, 2.75) is 16.6 Å². The normalized spacial score (nSPS) is 13.7. The highest BCUT2D eigenvalue weighted by atomic mass is 32.2. The molecule has 1 N–H and O–H groups in total. The fourth-order valence-electron chi connectivity index (χ4n) is 2.64. The van der Waals surface area contributed by atoms with E-state index in [0.29, 0.717) is 5.69 Å². The molecule has 1 aliphatic rings. The zero-order chi connectivity index (χ0) is 16.6. The number of sulfonamides is 1. The number of anilines is 1. The summed E-state index contributed by atoms with van der Waals surface area (Å²) in [7, 11) is -3.63. The van der Waals surface area contributed by atoms with E-state index < -0.39 is 10.0 Å². The number of benzene rings is 2. The van der Waals surface area contributed by atoms with Gasteiger partial charge in [0.05, 0.1) is 16.3 Å². The summed E-state index contributed by atoms with van der Waals surface area (Å²) in [4.78, 5) is 4.85. The van der Waals surface area contributed by atoms with Crippen LogP contribution < -0.4 is 4.72 Å². The predicted molar refractivity (Wildman–Crippen MR) is 95.6 cm³/mol. The lowest BCUT2D eigenvalue weighted by atomic mass is 10.1. The van der Waals surface area contributed by atoms with Crippen LogP contribution in [-0.2, 0) is 16.6 Å². The molecule has 0 bridgehead atoms. The minimum Gasteiger partial charge on any atom is -0.325 e. The Morgan fingerprint density at radius 3 is 2.58 bits per heavy atom. The van der Waals surface area contributed by atoms with Gasteiger partial charge in [-0.3, -0.25) is 4.72 Å². The van der Waals surface area contributed by atoms with Crippen LogP contribution in [0.25, 0.3) is 11.3 Å². The number of hydrogen-bond acceptors (Lipinski definition) is 4. The van der Waals surface area contributed by atoms with Crippen LogP contribution in [0.2, 0.25) is 0 Å². The number of nitrogens with one attached hydrogen (secondary N) is 1. The number of hydrogen-bond donors (Lipinski definition) is 1. The molecular formula is C17H15N3O2S2. The summed E-state index contributed by atoms with van der Waals surface area (Å²) in [6.45, 7) is 0.935. The first kappa shape index (κ1) is 15.3. The molecule has 3 aromatic rings. The molecule has 0 fully saturated rings. The van der Waals surface area contributed by atoms with Gasteiger partial charge in [0, 0.05) is 24.1 Å². The van der Waals surface area contributed by atoms with Gasteiger partial charge >= 0.3 is 0 Å². The molecule has 0 aliphatic carbocycles. The quantitative estimate of drug-likeness (QED) is 0.777. The monoisotopic (exact) mass is 357 g/mol. The van der Waals surface area contributed by atoms with E-state index in [1.54, 1.807) is 48.2 Å². The van der Waals surface area contributed by atoms with Gasteiger partial charge in [-0.1, -0.05) is 48.2 Å². The highest BCUT2D eigenvalue weighted by Crippen LogP contribution is 2.33. The highest BCUT2D eigenvalue weighted by molar-refractivity contribution is 7.99. The Bertz CT molecular complexity index is 961. The van der Waals surface area contributed by atoms with Crippen LogP contribution in [0.4, 0.5) is 5.69 Å². The van der Waals surface area contributed by atoms with E-state index in [0.717, 1.165) is 28.7 Å². The lowest BCUT2D eigenvalue weighted by molar-refractivity contribution is 0.601. The number of aryl methyl sites for hydroxylation is 1. The van der Waals surface area contributed by atoms with Crippen LogP contribution in [0, 0.1) is 0 Å². The van der Waals surface area contributed by atoms with Gasteiger partial charge in [-0.15, -0.1) is 0 Å². The highest BCUT2D eigenvalue weighted by Gasteiger charge is 2.19. The maximum Gasteiger partial charge on any atom is 0.261 e. The molecule has 1 aliphatic heterocycles. The van der Waals surface area contributed by atoms with Gasteiger partial charge in [0.1, 0.15) is 0 Å². The Kier molecular flexibility index (Phi) is 3.82. The largest absolute Gasteiger partial charge is 0.325 e. The molecule has 0 saturated carbocycles. The first-order valence-corrected chi connectivity index (χ1v) is 9.98. The van der Waals surface area contributed by atoms with Crippen molar-refractivity contribution < 1.29 is 8.42 Å². The van der Waals surface area contributed by atoms with Gasteiger partial charge in [0.2, 0.25) is 0 Å². The molecule has 0 spiro atoms. The summed E-state index contributed by atoms with van der Waals surface area (Å²) in [5.41, 5.74) is 2.09. The van der Waals surface area contributed by atoms with Gasteiger partial charge in [-0.25, -0.2) is 13.4 Å². The van der Waals surface area contributed by atoms with E-state index in [2.05, 4.69) is 14.3 Å². The minimum atomic E-state index is -3.63. The summed E-state index contributed by atoms with van der Waals surface area (Å²) in [6, 6.07) is 15.7. The Hall–Kier alpha value is -2.25. The molecule has 24 heavy (non-hydrogen) atoms. The molecule has 0 saturated heterocycles. The standard InChI is InChI=1S/C17H15N3O2S2/c21-24(22,13-6-2-1-3-7-13)19-15-9-5-4-8-14(15)16-12-20-10-11-23-17(20)18-16/h1-9,12,19H,10-11H2. The van der Waals surface area contributed by atoms with E-state index in [1.165, 1.54) is 0 Å². The second-order valence-corrected chi connectivity index (χ2v) is 8.16. The van der Waals surface area contributed by atoms with Gasteiger partial charge in [-0.05, 0) is 18.2 Å². The average Bonchev–Trinajstić information content (AvgIpc) is 3.17. The first-order chi connectivity index (χ1) is 11.6. The molecule has 122 valence electrons. The average molecular weight is 357 g/mol. The maximum absolute atomic E-state index is 12.6. The zero-order valence-electron chi connectivity index (χ0n) is 12.7. The van der Waals surface area contributed by atoms with Gasteiger partial charge in [0.25, 0.3) is 10.0 Å². The van der Waals surface area contributed by atoms with Crippen LogP contribution in [-0.4, -0.2) is 23.7 Å². The Balaban J connectivity index is 1.72. The topological polar surface area (TPSA) is 64.0 Å². The molecular weight excluding hydrogens is 342 g/mol. The summed E-state index contributed by atoms with van der Waals surface area (Å²) in [5, 5.41) is 0.978. The molecule has 2 aromatic carbocycles. The van der Waals surface area contributed by atoms with Crippen molar-refractivity contribution in [2.24, 2.45) is 0 Å². The molecule has 0 atom stereocenters. The van der Waals surface area contributed by atoms with Crippen molar-refractivity contribution in [3.63, 3.8) is 0 Å². The third-order valence-corrected chi connectivity index (χ3v) is 6.16. The van der Waals surface area contributed by atoms with Gasteiger partial charge in [-0.2, -0.15) is 0 Å². The van der Waals surface area contributed by atoms with Crippen molar-refractivity contribution >= 4 is 27.5 Å². The fraction of sp³-hybridized carbons (Fsp3) is 0.118. The molecule has 0 unspecified atom stereocenters. The number of para-hydroxylation sites is 1. The van der Waals surface area contributed by atoms with Crippen LogP contribution >= 0.6 is 11.8 Å². The lowest BCUT2D eigenvalue weighted by Crippen LogP contribution is -2.13. The molecule has 4 rings (SSSR count). The number of aromatic nitrogens is 2. The van der Waals surface area contributed by atoms with Crippen molar-refractivity contribution in [2.75, 3.05) is 10.5 Å². The van der Waals surface area contributed by atoms with E-state index in [-0.39, 0.29) is 4.90 Å². The number of nitrogens with zero attached hydrogens (tertiary/aromatic N) is 2. The van der Waals surface area contributed by atoms with Gasteiger partial charge in [0.15, 0.2) is 5.16 Å². The van der Waals surface area contributed by atoms with Crippen molar-refractivity contribution in [3.05, 3.63) is 60.8 Å². The summed E-state index contributed by atoms with van der Waals surface area (Å²) in [5.74, 6) is 1.03. The number of fused-ring (bicyclic) bond motifs is 1. The van der Waals surface area contributed by atoms with Crippen molar-refractivity contribution in [1.82, 2.24) is 9.55 Å². The summed E-state index contributed by atoms with van der Waals surface area (Å²) >= 11 is 1.71. The minimum absolute atomic E-state index is 0.239. The zero-order valence-corrected chi connectivity index (χ0v) is 14.3. The van der Waals surface area contributed by atoms with E-state index in [9.17, 15) is 8.42 Å².